The van der Waals surface area contributed by atoms with Crippen LogP contribution in [0.1, 0.15) is 68.7 Å². The summed E-state index contributed by atoms with van der Waals surface area (Å²) < 4.78 is 4.99. The molecule has 37 heavy (non-hydrogen) atoms. The number of aryl methyl sites for hydroxylation is 3. The van der Waals surface area contributed by atoms with E-state index in [9.17, 15) is 0 Å². The maximum Gasteiger partial charge on any atom is 0.224 e. The first kappa shape index (κ1) is 23.0. The largest absolute Gasteiger partial charge is 0.307 e. The third kappa shape index (κ3) is 3.48. The standard InChI is InChI=1S/C35H39N2/c1-21-15-28-27-12-11-24(20-35(3,4)5)18-29(27)37-30-19-25(16-23-9-7-8-10-23)17-26-13-14-36(6)34(32(26)30)31(22(21)2)33(28)37/h11-15,17-19,23H,7-10,16,20H2,1-6H3/q+1. The summed E-state index contributed by atoms with van der Waals surface area (Å²) in [4.78, 5) is 0. The Morgan fingerprint density at radius 3 is 2.38 bits per heavy atom. The highest BCUT2D eigenvalue weighted by Crippen LogP contribution is 2.43. The van der Waals surface area contributed by atoms with Gasteiger partial charge in [-0.05, 0) is 83.9 Å². The van der Waals surface area contributed by atoms with Gasteiger partial charge in [-0.2, -0.15) is 0 Å². The Morgan fingerprint density at radius 2 is 1.62 bits per heavy atom. The number of pyridine rings is 2. The molecule has 6 aromatic rings. The van der Waals surface area contributed by atoms with E-state index in [0.717, 1.165) is 12.3 Å². The van der Waals surface area contributed by atoms with E-state index >= 15 is 0 Å². The van der Waals surface area contributed by atoms with Crippen LogP contribution in [-0.4, -0.2) is 4.40 Å². The molecular weight excluding hydrogens is 448 g/mol. The van der Waals surface area contributed by atoms with Crippen molar-refractivity contribution in [3.63, 3.8) is 0 Å². The van der Waals surface area contributed by atoms with Crippen molar-refractivity contribution in [3.8, 4) is 0 Å². The maximum atomic E-state index is 2.63. The average molecular weight is 488 g/mol. The quantitative estimate of drug-likeness (QED) is 0.134. The van der Waals surface area contributed by atoms with Crippen LogP contribution in [0, 0.1) is 25.2 Å². The molecule has 2 nitrogen and oxygen atoms in total. The lowest BCUT2D eigenvalue weighted by atomic mass is 9.88. The van der Waals surface area contributed by atoms with Crippen LogP contribution in [0.2, 0.25) is 0 Å². The SMILES string of the molecule is Cc1cc2c3ccc(CC(C)(C)C)cc3n3c4cc(CC5CCCC5)cc5cc[n+](C)c(c(c1C)c23)c54. The van der Waals surface area contributed by atoms with E-state index in [0.29, 0.717) is 0 Å². The van der Waals surface area contributed by atoms with Crippen molar-refractivity contribution in [2.75, 3.05) is 0 Å². The fraction of sp³-hybridized carbons (Fsp3) is 0.400. The van der Waals surface area contributed by atoms with Crippen LogP contribution in [0.15, 0.2) is 48.7 Å². The Kier molecular flexibility index (Phi) is 4.94. The van der Waals surface area contributed by atoms with Gasteiger partial charge in [0.05, 0.1) is 27.3 Å². The van der Waals surface area contributed by atoms with Gasteiger partial charge in [0.15, 0.2) is 6.20 Å². The Labute approximate surface area is 220 Å². The molecule has 1 aliphatic carbocycles. The van der Waals surface area contributed by atoms with Gasteiger partial charge in [0.2, 0.25) is 5.52 Å². The van der Waals surface area contributed by atoms with Crippen LogP contribution in [0.25, 0.3) is 49.0 Å². The Bertz CT molecular complexity index is 1840. The Morgan fingerprint density at radius 1 is 0.865 bits per heavy atom. The molecule has 0 bridgehead atoms. The lowest BCUT2D eigenvalue weighted by Crippen LogP contribution is -2.29. The van der Waals surface area contributed by atoms with Gasteiger partial charge in [-0.25, -0.2) is 4.57 Å². The second-order valence-electron chi connectivity index (χ2n) is 13.2. The molecule has 7 rings (SSSR count). The van der Waals surface area contributed by atoms with E-state index in [-0.39, 0.29) is 5.41 Å². The van der Waals surface area contributed by atoms with Crippen LogP contribution < -0.4 is 4.57 Å². The van der Waals surface area contributed by atoms with Crippen molar-refractivity contribution in [2.45, 2.75) is 73.1 Å². The Balaban J connectivity index is 1.68. The number of nitrogens with zero attached hydrogens (tertiary/aromatic N) is 2. The lowest BCUT2D eigenvalue weighted by Gasteiger charge is -2.18. The predicted molar refractivity (Wildman–Crippen MR) is 158 cm³/mol. The summed E-state index contributed by atoms with van der Waals surface area (Å²) in [6, 6.07) is 17.0. The van der Waals surface area contributed by atoms with E-state index in [4.69, 9.17) is 0 Å². The summed E-state index contributed by atoms with van der Waals surface area (Å²) in [6.45, 7) is 11.6. The zero-order valence-electron chi connectivity index (χ0n) is 23.3. The molecule has 0 unspecified atom stereocenters. The molecule has 3 aromatic carbocycles. The van der Waals surface area contributed by atoms with E-state index < -0.39 is 0 Å². The maximum absolute atomic E-state index is 2.63. The predicted octanol–water partition coefficient (Wildman–Crippen LogP) is 8.75. The summed E-state index contributed by atoms with van der Waals surface area (Å²) in [5.74, 6) is 0.838. The number of fused-ring (bicyclic) bond motifs is 5. The smallest absolute Gasteiger partial charge is 0.224 e. The van der Waals surface area contributed by atoms with Crippen LogP contribution in [0.3, 0.4) is 0 Å². The molecule has 2 heteroatoms. The van der Waals surface area contributed by atoms with E-state index in [2.05, 4.69) is 99.3 Å². The lowest BCUT2D eigenvalue weighted by molar-refractivity contribution is -0.643. The average Bonchev–Trinajstić information content (AvgIpc) is 3.45. The summed E-state index contributed by atoms with van der Waals surface area (Å²) >= 11 is 0. The van der Waals surface area contributed by atoms with Crippen molar-refractivity contribution in [2.24, 2.45) is 18.4 Å². The number of rotatable bonds is 3. The van der Waals surface area contributed by atoms with Crippen molar-refractivity contribution in [1.82, 2.24) is 4.40 Å². The number of aromatic nitrogens is 2. The van der Waals surface area contributed by atoms with Gasteiger partial charge >= 0.3 is 0 Å². The van der Waals surface area contributed by atoms with E-state index in [1.54, 1.807) is 0 Å². The minimum atomic E-state index is 0.259. The highest BCUT2D eigenvalue weighted by atomic mass is 15.0. The second kappa shape index (κ2) is 7.93. The molecule has 1 aliphatic rings. The third-order valence-electron chi connectivity index (χ3n) is 9.12. The van der Waals surface area contributed by atoms with Gasteiger partial charge < -0.3 is 4.40 Å². The van der Waals surface area contributed by atoms with Gasteiger partial charge in [0, 0.05) is 16.8 Å². The third-order valence-corrected chi connectivity index (χ3v) is 9.12. The summed E-state index contributed by atoms with van der Waals surface area (Å²) in [5.41, 5.74) is 11.5. The first-order chi connectivity index (χ1) is 17.7. The second-order valence-corrected chi connectivity index (χ2v) is 13.2. The zero-order valence-corrected chi connectivity index (χ0v) is 23.3. The molecule has 3 heterocycles. The molecule has 0 amide bonds. The van der Waals surface area contributed by atoms with Crippen molar-refractivity contribution in [3.05, 3.63) is 70.9 Å². The molecular formula is C35H39N2+. The van der Waals surface area contributed by atoms with Crippen molar-refractivity contribution < 1.29 is 4.57 Å². The molecule has 188 valence electrons. The summed E-state index contributed by atoms with van der Waals surface area (Å²) in [7, 11) is 2.22. The molecule has 1 saturated carbocycles. The first-order valence-electron chi connectivity index (χ1n) is 14.2. The molecule has 3 aromatic heterocycles. The first-order valence-corrected chi connectivity index (χ1v) is 14.2. The highest BCUT2D eigenvalue weighted by molar-refractivity contribution is 6.26. The monoisotopic (exact) mass is 487 g/mol. The van der Waals surface area contributed by atoms with E-state index in [1.165, 1.54) is 103 Å². The van der Waals surface area contributed by atoms with Gasteiger partial charge in [-0.15, -0.1) is 0 Å². The van der Waals surface area contributed by atoms with Crippen LogP contribution in [0.5, 0.6) is 0 Å². The molecule has 0 N–H and O–H groups in total. The summed E-state index contributed by atoms with van der Waals surface area (Å²) in [5, 5.41) is 6.96. The number of benzene rings is 3. The normalized spacial score (nSPS) is 15.5. The fourth-order valence-corrected chi connectivity index (χ4v) is 7.40. The number of hydrogen-bond donors (Lipinski definition) is 0. The molecule has 0 radical (unpaired) electrons. The molecule has 0 atom stereocenters. The molecule has 1 fully saturated rings. The zero-order chi connectivity index (χ0) is 25.6. The van der Waals surface area contributed by atoms with Gasteiger partial charge in [0.25, 0.3) is 0 Å². The molecule has 0 saturated heterocycles. The van der Waals surface area contributed by atoms with Gasteiger partial charge in [0.1, 0.15) is 7.05 Å². The fourth-order valence-electron chi connectivity index (χ4n) is 7.40. The van der Waals surface area contributed by atoms with Gasteiger partial charge in [-0.3, -0.25) is 0 Å². The highest BCUT2D eigenvalue weighted by Gasteiger charge is 2.26. The van der Waals surface area contributed by atoms with Crippen molar-refractivity contribution >= 4 is 49.0 Å². The number of hydrogen-bond acceptors (Lipinski definition) is 0. The summed E-state index contributed by atoms with van der Waals surface area (Å²) in [6.07, 6.45) is 10.1. The van der Waals surface area contributed by atoms with Crippen LogP contribution >= 0.6 is 0 Å². The van der Waals surface area contributed by atoms with Gasteiger partial charge in [-0.1, -0.05) is 64.7 Å². The van der Waals surface area contributed by atoms with Crippen molar-refractivity contribution in [1.29, 1.82) is 0 Å². The molecule has 0 spiro atoms. The topological polar surface area (TPSA) is 8.29 Å². The minimum Gasteiger partial charge on any atom is -0.307 e. The van der Waals surface area contributed by atoms with Crippen LogP contribution in [-0.2, 0) is 19.9 Å². The molecule has 0 aliphatic heterocycles. The van der Waals surface area contributed by atoms with Crippen LogP contribution in [0.4, 0.5) is 0 Å². The Hall–Kier alpha value is -3.13. The minimum absolute atomic E-state index is 0.259. The van der Waals surface area contributed by atoms with E-state index in [1.807, 2.05) is 0 Å².